The predicted molar refractivity (Wildman–Crippen MR) is 61.3 cm³/mol. The van der Waals surface area contributed by atoms with Crippen molar-refractivity contribution in [3.8, 4) is 5.75 Å². The molecule has 1 aromatic rings. The summed E-state index contributed by atoms with van der Waals surface area (Å²) in [5, 5.41) is 0. The van der Waals surface area contributed by atoms with Gasteiger partial charge in [0.2, 0.25) is 0 Å². The maximum Gasteiger partial charge on any atom is 0.308 e. The second kappa shape index (κ2) is 6.85. The minimum atomic E-state index is -0.267. The number of carbonyl (C=O) groups is 1. The van der Waals surface area contributed by atoms with Crippen LogP contribution >= 0.6 is 0 Å². The molecule has 2 N–H and O–H groups in total. The molecule has 0 fully saturated rings. The van der Waals surface area contributed by atoms with E-state index in [4.69, 9.17) is 10.5 Å². The predicted octanol–water partition coefficient (Wildman–Crippen LogP) is 1.13. The van der Waals surface area contributed by atoms with Crippen LogP contribution in [0.1, 0.15) is 12.0 Å². The van der Waals surface area contributed by atoms with E-state index in [0.717, 1.165) is 17.7 Å². The third-order valence-corrected chi connectivity index (χ3v) is 2.18. The van der Waals surface area contributed by atoms with Gasteiger partial charge in [0.25, 0.3) is 0 Å². The summed E-state index contributed by atoms with van der Waals surface area (Å²) in [6, 6.07) is 7.69. The fourth-order valence-corrected chi connectivity index (χ4v) is 1.35. The van der Waals surface area contributed by atoms with Crippen molar-refractivity contribution in [3.05, 3.63) is 29.8 Å². The molecule has 16 heavy (non-hydrogen) atoms. The Bertz CT molecular complexity index is 339. The zero-order chi connectivity index (χ0) is 11.8. The van der Waals surface area contributed by atoms with Gasteiger partial charge in [0.1, 0.15) is 5.75 Å². The summed E-state index contributed by atoms with van der Waals surface area (Å²) in [6.07, 6.45) is 1.03. The molecule has 0 atom stereocenters. The molecule has 0 aliphatic carbocycles. The summed E-state index contributed by atoms with van der Waals surface area (Å²) in [5.41, 5.74) is 6.56. The Morgan fingerprint density at radius 2 is 2.12 bits per heavy atom. The van der Waals surface area contributed by atoms with Gasteiger partial charge >= 0.3 is 5.97 Å². The van der Waals surface area contributed by atoms with Gasteiger partial charge < -0.3 is 15.2 Å². The Hall–Kier alpha value is -1.55. The molecule has 1 aromatic carbocycles. The van der Waals surface area contributed by atoms with Gasteiger partial charge in [0, 0.05) is 0 Å². The second-order valence-electron chi connectivity index (χ2n) is 3.32. The lowest BCUT2D eigenvalue weighted by molar-refractivity contribution is -0.141. The highest BCUT2D eigenvalue weighted by molar-refractivity contribution is 5.69. The van der Waals surface area contributed by atoms with E-state index in [0.29, 0.717) is 13.2 Å². The number of rotatable bonds is 6. The van der Waals surface area contributed by atoms with Crippen molar-refractivity contribution in [2.75, 3.05) is 20.3 Å². The number of para-hydroxylation sites is 1. The van der Waals surface area contributed by atoms with Crippen LogP contribution in [0.3, 0.4) is 0 Å². The molecule has 0 amide bonds. The first-order chi connectivity index (χ1) is 7.77. The van der Waals surface area contributed by atoms with Crippen molar-refractivity contribution < 1.29 is 14.3 Å². The third kappa shape index (κ3) is 3.90. The summed E-state index contributed by atoms with van der Waals surface area (Å²) < 4.78 is 10.0. The van der Waals surface area contributed by atoms with Gasteiger partial charge in [-0.2, -0.15) is 0 Å². The standard InChI is InChI=1S/C12H17NO3/c1-15-12(14)7-9-16-11-5-3-2-4-10(11)6-8-13/h2-5H,6-9,13H2,1H3. The molecule has 0 radical (unpaired) electrons. The van der Waals surface area contributed by atoms with Gasteiger partial charge in [-0.25, -0.2) is 0 Å². The molecule has 0 unspecified atom stereocenters. The van der Waals surface area contributed by atoms with Crippen molar-refractivity contribution in [2.24, 2.45) is 5.73 Å². The molecule has 0 saturated heterocycles. The fourth-order valence-electron chi connectivity index (χ4n) is 1.35. The summed E-state index contributed by atoms with van der Waals surface area (Å²) >= 11 is 0. The molecule has 0 spiro atoms. The SMILES string of the molecule is COC(=O)CCOc1ccccc1CCN. The van der Waals surface area contributed by atoms with E-state index in [1.54, 1.807) is 0 Å². The lowest BCUT2D eigenvalue weighted by Gasteiger charge is -2.10. The first kappa shape index (κ1) is 12.5. The molecular weight excluding hydrogens is 206 g/mol. The molecule has 0 heterocycles. The van der Waals surface area contributed by atoms with E-state index in [1.165, 1.54) is 7.11 Å². The topological polar surface area (TPSA) is 61.5 Å². The fraction of sp³-hybridized carbons (Fsp3) is 0.417. The van der Waals surface area contributed by atoms with E-state index in [-0.39, 0.29) is 12.4 Å². The van der Waals surface area contributed by atoms with Crippen LogP contribution in [0.2, 0.25) is 0 Å². The van der Waals surface area contributed by atoms with Crippen molar-refractivity contribution in [3.63, 3.8) is 0 Å². The molecule has 0 bridgehead atoms. The van der Waals surface area contributed by atoms with E-state index >= 15 is 0 Å². The number of benzene rings is 1. The van der Waals surface area contributed by atoms with Crippen molar-refractivity contribution >= 4 is 5.97 Å². The Kier molecular flexibility index (Phi) is 5.36. The van der Waals surface area contributed by atoms with Crippen LogP contribution in [-0.2, 0) is 16.0 Å². The van der Waals surface area contributed by atoms with Crippen LogP contribution in [-0.4, -0.2) is 26.2 Å². The number of hydrogen-bond acceptors (Lipinski definition) is 4. The van der Waals surface area contributed by atoms with Crippen molar-refractivity contribution in [2.45, 2.75) is 12.8 Å². The molecular formula is C12H17NO3. The van der Waals surface area contributed by atoms with Crippen LogP contribution in [0.25, 0.3) is 0 Å². The second-order valence-corrected chi connectivity index (χ2v) is 3.32. The number of carbonyl (C=O) groups excluding carboxylic acids is 1. The lowest BCUT2D eigenvalue weighted by atomic mass is 10.1. The third-order valence-electron chi connectivity index (χ3n) is 2.18. The van der Waals surface area contributed by atoms with Crippen molar-refractivity contribution in [1.29, 1.82) is 0 Å². The zero-order valence-corrected chi connectivity index (χ0v) is 9.44. The summed E-state index contributed by atoms with van der Waals surface area (Å²) in [5.74, 6) is 0.521. The molecule has 4 heteroatoms. The average Bonchev–Trinajstić information content (AvgIpc) is 2.31. The monoisotopic (exact) mass is 223 g/mol. The van der Waals surface area contributed by atoms with Crippen LogP contribution in [0.5, 0.6) is 5.75 Å². The van der Waals surface area contributed by atoms with E-state index in [9.17, 15) is 4.79 Å². The van der Waals surface area contributed by atoms with Crippen LogP contribution in [0.4, 0.5) is 0 Å². The van der Waals surface area contributed by atoms with Crippen LogP contribution in [0, 0.1) is 0 Å². The Balaban J connectivity index is 2.49. The molecule has 88 valence electrons. The number of nitrogens with two attached hydrogens (primary N) is 1. The zero-order valence-electron chi connectivity index (χ0n) is 9.44. The largest absolute Gasteiger partial charge is 0.493 e. The molecule has 1 rings (SSSR count). The summed E-state index contributed by atoms with van der Waals surface area (Å²) in [6.45, 7) is 0.908. The average molecular weight is 223 g/mol. The molecule has 0 aliphatic rings. The number of ether oxygens (including phenoxy) is 2. The Morgan fingerprint density at radius 3 is 2.81 bits per heavy atom. The van der Waals surface area contributed by atoms with Gasteiger partial charge in [0.05, 0.1) is 20.1 Å². The first-order valence-corrected chi connectivity index (χ1v) is 5.25. The molecule has 4 nitrogen and oxygen atoms in total. The smallest absolute Gasteiger partial charge is 0.308 e. The van der Waals surface area contributed by atoms with Gasteiger partial charge in [-0.3, -0.25) is 4.79 Å². The van der Waals surface area contributed by atoms with Crippen molar-refractivity contribution in [1.82, 2.24) is 0 Å². The Morgan fingerprint density at radius 1 is 1.38 bits per heavy atom. The maximum absolute atomic E-state index is 10.9. The minimum Gasteiger partial charge on any atom is -0.493 e. The van der Waals surface area contributed by atoms with Crippen LogP contribution < -0.4 is 10.5 Å². The summed E-state index contributed by atoms with van der Waals surface area (Å²) in [7, 11) is 1.37. The normalized spacial score (nSPS) is 9.88. The number of hydrogen-bond donors (Lipinski definition) is 1. The van der Waals surface area contributed by atoms with Gasteiger partial charge in [-0.15, -0.1) is 0 Å². The highest BCUT2D eigenvalue weighted by atomic mass is 16.5. The van der Waals surface area contributed by atoms with Gasteiger partial charge in [0.15, 0.2) is 0 Å². The quantitative estimate of drug-likeness (QED) is 0.734. The Labute approximate surface area is 95.3 Å². The van der Waals surface area contributed by atoms with Gasteiger partial charge in [-0.1, -0.05) is 18.2 Å². The number of esters is 1. The molecule has 0 aromatic heterocycles. The summed E-state index contributed by atoms with van der Waals surface area (Å²) in [4.78, 5) is 10.9. The van der Waals surface area contributed by atoms with Crippen LogP contribution in [0.15, 0.2) is 24.3 Å². The highest BCUT2D eigenvalue weighted by Gasteiger charge is 2.04. The van der Waals surface area contributed by atoms with E-state index < -0.39 is 0 Å². The van der Waals surface area contributed by atoms with E-state index in [1.807, 2.05) is 24.3 Å². The molecule has 0 saturated carbocycles. The maximum atomic E-state index is 10.9. The minimum absolute atomic E-state index is 0.257. The molecule has 0 aliphatic heterocycles. The first-order valence-electron chi connectivity index (χ1n) is 5.25. The van der Waals surface area contributed by atoms with Gasteiger partial charge in [-0.05, 0) is 24.6 Å². The lowest BCUT2D eigenvalue weighted by Crippen LogP contribution is -2.09. The number of methoxy groups -OCH3 is 1. The van der Waals surface area contributed by atoms with E-state index in [2.05, 4.69) is 4.74 Å². The highest BCUT2D eigenvalue weighted by Crippen LogP contribution is 2.18.